The third-order valence-corrected chi connectivity index (χ3v) is 6.63. The second-order valence-electron chi connectivity index (χ2n) is 7.84. The zero-order chi connectivity index (χ0) is 24.1. The number of aromatic nitrogens is 3. The summed E-state index contributed by atoms with van der Waals surface area (Å²) >= 11 is 1.21. The van der Waals surface area contributed by atoms with Crippen LogP contribution in [0.5, 0.6) is 17.2 Å². The van der Waals surface area contributed by atoms with E-state index in [1.807, 2.05) is 0 Å². The molecule has 4 rings (SSSR count). The highest BCUT2D eigenvalue weighted by Gasteiger charge is 2.23. The SMILES string of the molecule is COc1cc(-c2nnc(SCC(=O)NC3CCCC3)n2-c2ccccc2F)cc(OC)c1OC. The van der Waals surface area contributed by atoms with Gasteiger partial charge in [-0.25, -0.2) is 4.39 Å². The quantitative estimate of drug-likeness (QED) is 0.453. The van der Waals surface area contributed by atoms with Gasteiger partial charge in [0.15, 0.2) is 22.5 Å². The van der Waals surface area contributed by atoms with Gasteiger partial charge in [0.1, 0.15) is 5.82 Å². The fourth-order valence-electron chi connectivity index (χ4n) is 4.08. The molecule has 1 aliphatic rings. The molecule has 34 heavy (non-hydrogen) atoms. The Balaban J connectivity index is 1.72. The molecular weight excluding hydrogens is 459 g/mol. The molecule has 1 N–H and O–H groups in total. The Kier molecular flexibility index (Phi) is 7.56. The number of rotatable bonds is 9. The van der Waals surface area contributed by atoms with Crippen LogP contribution in [0.4, 0.5) is 4.39 Å². The number of nitrogens with one attached hydrogen (secondary N) is 1. The van der Waals surface area contributed by atoms with E-state index in [9.17, 15) is 9.18 Å². The number of thioether (sulfide) groups is 1. The highest BCUT2D eigenvalue weighted by molar-refractivity contribution is 7.99. The first-order valence-corrected chi connectivity index (χ1v) is 12.0. The molecular formula is C24H27FN4O4S. The van der Waals surface area contributed by atoms with Crippen molar-refractivity contribution in [1.82, 2.24) is 20.1 Å². The second-order valence-corrected chi connectivity index (χ2v) is 8.79. The van der Waals surface area contributed by atoms with Crippen LogP contribution in [0.15, 0.2) is 41.6 Å². The summed E-state index contributed by atoms with van der Waals surface area (Å²) in [4.78, 5) is 12.5. The minimum absolute atomic E-state index is 0.0747. The molecule has 0 atom stereocenters. The topological polar surface area (TPSA) is 87.5 Å². The summed E-state index contributed by atoms with van der Waals surface area (Å²) in [5, 5.41) is 12.1. The number of halogens is 1. The number of methoxy groups -OCH3 is 3. The lowest BCUT2D eigenvalue weighted by molar-refractivity contribution is -0.119. The summed E-state index contributed by atoms with van der Waals surface area (Å²) in [5.41, 5.74) is 0.863. The number of carbonyl (C=O) groups is 1. The third kappa shape index (κ3) is 4.96. The van der Waals surface area contributed by atoms with Crippen LogP contribution < -0.4 is 19.5 Å². The minimum Gasteiger partial charge on any atom is -0.493 e. The van der Waals surface area contributed by atoms with Crippen LogP contribution in [0.1, 0.15) is 25.7 Å². The predicted octanol–water partition coefficient (Wildman–Crippen LogP) is 4.25. The standard InChI is InChI=1S/C24H27FN4O4S/c1-31-19-12-15(13-20(32-2)22(19)33-3)23-27-28-24(29(23)18-11-7-6-10-17(18)25)34-14-21(30)26-16-8-4-5-9-16/h6-7,10-13,16H,4-5,8-9,14H2,1-3H3,(H,26,30). The molecule has 8 nitrogen and oxygen atoms in total. The molecule has 0 aliphatic heterocycles. The van der Waals surface area contributed by atoms with Gasteiger partial charge in [-0.3, -0.25) is 9.36 Å². The summed E-state index contributed by atoms with van der Waals surface area (Å²) < 4.78 is 32.8. The lowest BCUT2D eigenvalue weighted by Gasteiger charge is -2.15. The predicted molar refractivity (Wildman–Crippen MR) is 128 cm³/mol. The van der Waals surface area contributed by atoms with Crippen LogP contribution in [0.25, 0.3) is 17.1 Å². The van der Waals surface area contributed by atoms with Gasteiger partial charge in [-0.05, 0) is 37.1 Å². The Labute approximate surface area is 201 Å². The smallest absolute Gasteiger partial charge is 0.230 e. The lowest BCUT2D eigenvalue weighted by atomic mass is 10.1. The Bertz CT molecular complexity index is 1140. The monoisotopic (exact) mass is 486 g/mol. The van der Waals surface area contributed by atoms with Crippen molar-refractivity contribution in [1.29, 1.82) is 0 Å². The van der Waals surface area contributed by atoms with E-state index in [0.29, 0.717) is 33.8 Å². The summed E-state index contributed by atoms with van der Waals surface area (Å²) in [6.07, 6.45) is 4.29. The van der Waals surface area contributed by atoms with Crippen LogP contribution in [-0.4, -0.2) is 53.8 Å². The van der Waals surface area contributed by atoms with Crippen molar-refractivity contribution >= 4 is 17.7 Å². The van der Waals surface area contributed by atoms with E-state index in [1.165, 1.54) is 39.2 Å². The molecule has 1 fully saturated rings. The molecule has 2 aromatic carbocycles. The zero-order valence-corrected chi connectivity index (χ0v) is 20.2. The number of ether oxygens (including phenoxy) is 3. The summed E-state index contributed by atoms with van der Waals surface area (Å²) in [6.45, 7) is 0. The molecule has 1 aromatic heterocycles. The van der Waals surface area contributed by atoms with Crippen molar-refractivity contribution in [3.05, 3.63) is 42.2 Å². The Morgan fingerprint density at radius 2 is 1.76 bits per heavy atom. The van der Waals surface area contributed by atoms with Crippen molar-refractivity contribution in [3.8, 4) is 34.3 Å². The van der Waals surface area contributed by atoms with Crippen molar-refractivity contribution in [3.63, 3.8) is 0 Å². The second kappa shape index (κ2) is 10.8. The van der Waals surface area contributed by atoms with Crippen LogP contribution in [0.2, 0.25) is 0 Å². The number of para-hydroxylation sites is 1. The maximum Gasteiger partial charge on any atom is 0.230 e. The molecule has 0 bridgehead atoms. The number of carbonyl (C=O) groups excluding carboxylic acids is 1. The number of hydrogen-bond acceptors (Lipinski definition) is 7. The normalized spacial score (nSPS) is 13.6. The highest BCUT2D eigenvalue weighted by Crippen LogP contribution is 2.41. The van der Waals surface area contributed by atoms with E-state index in [0.717, 1.165) is 25.7 Å². The Hall–Kier alpha value is -3.27. The average molecular weight is 487 g/mol. The Morgan fingerprint density at radius 1 is 1.09 bits per heavy atom. The van der Waals surface area contributed by atoms with Crippen molar-refractivity contribution in [2.45, 2.75) is 36.9 Å². The first kappa shape index (κ1) is 23.9. The lowest BCUT2D eigenvalue weighted by Crippen LogP contribution is -2.33. The summed E-state index contributed by atoms with van der Waals surface area (Å²) in [6, 6.07) is 10.0. The van der Waals surface area contributed by atoms with E-state index in [-0.39, 0.29) is 23.4 Å². The molecule has 0 radical (unpaired) electrons. The number of hydrogen-bond donors (Lipinski definition) is 1. The third-order valence-electron chi connectivity index (χ3n) is 5.70. The molecule has 1 amide bonds. The van der Waals surface area contributed by atoms with Crippen LogP contribution in [-0.2, 0) is 4.79 Å². The van der Waals surface area contributed by atoms with Gasteiger partial charge in [0.2, 0.25) is 11.7 Å². The fourth-order valence-corrected chi connectivity index (χ4v) is 4.84. The average Bonchev–Trinajstić information content (AvgIpc) is 3.52. The van der Waals surface area contributed by atoms with Gasteiger partial charge >= 0.3 is 0 Å². The van der Waals surface area contributed by atoms with Gasteiger partial charge in [-0.1, -0.05) is 36.7 Å². The molecule has 1 heterocycles. The molecule has 3 aromatic rings. The van der Waals surface area contributed by atoms with Crippen molar-refractivity contribution < 1.29 is 23.4 Å². The minimum atomic E-state index is -0.437. The Morgan fingerprint density at radius 3 is 2.38 bits per heavy atom. The van der Waals surface area contributed by atoms with Gasteiger partial charge in [0, 0.05) is 11.6 Å². The van der Waals surface area contributed by atoms with E-state index in [1.54, 1.807) is 34.9 Å². The van der Waals surface area contributed by atoms with Crippen LogP contribution in [0.3, 0.4) is 0 Å². The van der Waals surface area contributed by atoms with Crippen LogP contribution >= 0.6 is 11.8 Å². The number of amides is 1. The number of benzene rings is 2. The number of nitrogens with zero attached hydrogens (tertiary/aromatic N) is 3. The summed E-state index contributed by atoms with van der Waals surface area (Å²) in [7, 11) is 4.56. The molecule has 1 aliphatic carbocycles. The first-order chi connectivity index (χ1) is 16.5. The fraction of sp³-hybridized carbons (Fsp3) is 0.375. The first-order valence-electron chi connectivity index (χ1n) is 11.0. The maximum absolute atomic E-state index is 14.9. The highest BCUT2D eigenvalue weighted by atomic mass is 32.2. The van der Waals surface area contributed by atoms with Crippen molar-refractivity contribution in [2.24, 2.45) is 0 Å². The van der Waals surface area contributed by atoms with Crippen LogP contribution in [0, 0.1) is 5.82 Å². The largest absolute Gasteiger partial charge is 0.493 e. The van der Waals surface area contributed by atoms with Gasteiger partial charge in [-0.15, -0.1) is 10.2 Å². The molecule has 0 unspecified atom stereocenters. The zero-order valence-electron chi connectivity index (χ0n) is 19.3. The maximum atomic E-state index is 14.9. The van der Waals surface area contributed by atoms with E-state index in [2.05, 4.69) is 15.5 Å². The van der Waals surface area contributed by atoms with Crippen molar-refractivity contribution in [2.75, 3.05) is 27.1 Å². The summed E-state index contributed by atoms with van der Waals surface area (Å²) in [5.74, 6) is 1.32. The van der Waals surface area contributed by atoms with Gasteiger partial charge in [0.25, 0.3) is 0 Å². The van der Waals surface area contributed by atoms with Gasteiger partial charge < -0.3 is 19.5 Å². The van der Waals surface area contributed by atoms with E-state index >= 15 is 0 Å². The van der Waals surface area contributed by atoms with E-state index < -0.39 is 5.82 Å². The molecule has 0 saturated heterocycles. The molecule has 180 valence electrons. The molecule has 1 saturated carbocycles. The van der Waals surface area contributed by atoms with Gasteiger partial charge in [0.05, 0.1) is 32.8 Å². The van der Waals surface area contributed by atoms with E-state index in [4.69, 9.17) is 14.2 Å². The van der Waals surface area contributed by atoms with Gasteiger partial charge in [-0.2, -0.15) is 0 Å². The molecule has 10 heteroatoms. The molecule has 0 spiro atoms.